The second-order valence-electron chi connectivity index (χ2n) is 5.38. The summed E-state index contributed by atoms with van der Waals surface area (Å²) >= 11 is 1.55. The molecule has 2 aliphatic heterocycles. The molecule has 0 spiro atoms. The number of ether oxygens (including phenoxy) is 1. The van der Waals surface area contributed by atoms with Gasteiger partial charge in [-0.3, -0.25) is 19.3 Å². The number of nitrogens with one attached hydrogen (secondary N) is 1. The summed E-state index contributed by atoms with van der Waals surface area (Å²) in [6.45, 7) is 3.97. The number of Topliss-reactive ketones (excluding diaryl/α,β-unsaturated/α-hetero) is 1. The molecule has 2 amide bonds. The number of rotatable bonds is 7. The van der Waals surface area contributed by atoms with Crippen LogP contribution in [-0.2, 0) is 24.0 Å². The van der Waals surface area contributed by atoms with Crippen molar-refractivity contribution in [2.75, 3.05) is 26.6 Å². The normalized spacial score (nSPS) is 23.6. The van der Waals surface area contributed by atoms with E-state index in [2.05, 4.69) is 15.3 Å². The van der Waals surface area contributed by atoms with Crippen LogP contribution in [0.15, 0.2) is 16.4 Å². The molecule has 9 heteroatoms. The van der Waals surface area contributed by atoms with Gasteiger partial charge < -0.3 is 14.9 Å². The summed E-state index contributed by atoms with van der Waals surface area (Å²) in [6, 6.07) is -0.673. The number of methoxy groups -OCH3 is 1. The van der Waals surface area contributed by atoms with E-state index in [1.807, 2.05) is 6.92 Å². The van der Waals surface area contributed by atoms with E-state index in [4.69, 9.17) is 4.74 Å². The number of carbonyl (C=O) groups excluding carboxylic acids is 3. The number of nitrogens with zero attached hydrogens (tertiary/aromatic N) is 2. The minimum Gasteiger partial charge on any atom is -0.398 e. The molecule has 2 aliphatic rings. The summed E-state index contributed by atoms with van der Waals surface area (Å²) < 4.78 is 5.14. The molecule has 2 atom stereocenters. The Bertz CT molecular complexity index is 616. The van der Waals surface area contributed by atoms with Crippen molar-refractivity contribution in [2.24, 2.45) is 5.16 Å². The lowest BCUT2D eigenvalue weighted by atomic mass is 10.0. The SMILES string of the molecule is CCC(=O)/C(=N\OC)C(=O)NC1C(=O)N2C(C)=C(COC)CSC12. The number of amides is 2. The summed E-state index contributed by atoms with van der Waals surface area (Å²) in [6.07, 6.45) is 0.126. The Morgan fingerprint density at radius 1 is 1.42 bits per heavy atom. The summed E-state index contributed by atoms with van der Waals surface area (Å²) in [5.41, 5.74) is 1.60. The monoisotopic (exact) mass is 355 g/mol. The Hall–Kier alpha value is -1.87. The van der Waals surface area contributed by atoms with Gasteiger partial charge in [-0.25, -0.2) is 0 Å². The van der Waals surface area contributed by atoms with Crippen molar-refractivity contribution in [1.82, 2.24) is 10.2 Å². The minimum absolute atomic E-state index is 0.126. The zero-order chi connectivity index (χ0) is 17.9. The van der Waals surface area contributed by atoms with Crippen LogP contribution in [0.1, 0.15) is 20.3 Å². The van der Waals surface area contributed by atoms with Crippen molar-refractivity contribution in [3.63, 3.8) is 0 Å². The quantitative estimate of drug-likeness (QED) is 0.305. The predicted octanol–water partition coefficient (Wildman–Crippen LogP) is 0.288. The number of fused-ring (bicyclic) bond motifs is 1. The van der Waals surface area contributed by atoms with E-state index in [0.29, 0.717) is 6.61 Å². The Balaban J connectivity index is 2.09. The van der Waals surface area contributed by atoms with E-state index in [-0.39, 0.29) is 23.4 Å². The number of ketones is 1. The van der Waals surface area contributed by atoms with Gasteiger partial charge in [0.1, 0.15) is 18.5 Å². The molecule has 1 fully saturated rings. The van der Waals surface area contributed by atoms with Gasteiger partial charge in [-0.1, -0.05) is 12.1 Å². The molecule has 2 rings (SSSR count). The smallest absolute Gasteiger partial charge is 0.277 e. The van der Waals surface area contributed by atoms with Crippen molar-refractivity contribution in [1.29, 1.82) is 0 Å². The van der Waals surface area contributed by atoms with E-state index in [1.165, 1.54) is 7.11 Å². The van der Waals surface area contributed by atoms with Crippen LogP contribution in [-0.4, -0.2) is 66.2 Å². The number of hydrogen-bond acceptors (Lipinski definition) is 7. The number of carbonyl (C=O) groups is 3. The average Bonchev–Trinajstić information content (AvgIpc) is 2.58. The third kappa shape index (κ3) is 3.32. The molecule has 2 unspecified atom stereocenters. The van der Waals surface area contributed by atoms with Crippen LogP contribution in [0.4, 0.5) is 0 Å². The zero-order valence-corrected chi connectivity index (χ0v) is 14.9. The highest BCUT2D eigenvalue weighted by atomic mass is 32.2. The van der Waals surface area contributed by atoms with Crippen LogP contribution in [0.2, 0.25) is 0 Å². The van der Waals surface area contributed by atoms with Crippen LogP contribution in [0.25, 0.3) is 0 Å². The third-order valence-electron chi connectivity index (χ3n) is 3.93. The van der Waals surface area contributed by atoms with E-state index in [0.717, 1.165) is 17.0 Å². The first-order valence-corrected chi connectivity index (χ1v) is 8.58. The predicted molar refractivity (Wildman–Crippen MR) is 89.3 cm³/mol. The lowest BCUT2D eigenvalue weighted by molar-refractivity contribution is -0.145. The van der Waals surface area contributed by atoms with Crippen molar-refractivity contribution < 1.29 is 24.0 Å². The molecule has 0 bridgehead atoms. The van der Waals surface area contributed by atoms with Gasteiger partial charge in [-0.05, 0) is 12.5 Å². The zero-order valence-electron chi connectivity index (χ0n) is 14.1. The third-order valence-corrected chi connectivity index (χ3v) is 5.27. The fourth-order valence-electron chi connectivity index (χ4n) is 2.59. The second kappa shape index (κ2) is 7.80. The Morgan fingerprint density at radius 2 is 2.12 bits per heavy atom. The topological polar surface area (TPSA) is 97.3 Å². The largest absolute Gasteiger partial charge is 0.398 e. The molecule has 0 aromatic carbocycles. The summed E-state index contributed by atoms with van der Waals surface area (Å²) in [5, 5.41) is 5.90. The fraction of sp³-hybridized carbons (Fsp3) is 0.600. The lowest BCUT2D eigenvalue weighted by Crippen LogP contribution is -2.70. The van der Waals surface area contributed by atoms with Crippen LogP contribution < -0.4 is 5.32 Å². The average molecular weight is 355 g/mol. The maximum absolute atomic E-state index is 12.4. The van der Waals surface area contributed by atoms with Gasteiger partial charge in [0.25, 0.3) is 11.8 Å². The highest BCUT2D eigenvalue weighted by Crippen LogP contribution is 2.39. The van der Waals surface area contributed by atoms with Crippen LogP contribution in [0.3, 0.4) is 0 Å². The first kappa shape index (κ1) is 18.5. The minimum atomic E-state index is -0.688. The van der Waals surface area contributed by atoms with Crippen LogP contribution >= 0.6 is 11.8 Å². The van der Waals surface area contributed by atoms with E-state index >= 15 is 0 Å². The van der Waals surface area contributed by atoms with Crippen molar-refractivity contribution in [3.05, 3.63) is 11.3 Å². The van der Waals surface area contributed by atoms with Crippen molar-refractivity contribution in [3.8, 4) is 0 Å². The van der Waals surface area contributed by atoms with Crippen LogP contribution in [0, 0.1) is 0 Å². The van der Waals surface area contributed by atoms with Gasteiger partial charge in [-0.2, -0.15) is 0 Å². The van der Waals surface area contributed by atoms with Gasteiger partial charge in [-0.15, -0.1) is 11.8 Å². The summed E-state index contributed by atoms with van der Waals surface area (Å²) in [7, 11) is 2.87. The molecular weight excluding hydrogens is 334 g/mol. The Labute approximate surface area is 144 Å². The number of allylic oxidation sites excluding steroid dienone is 1. The highest BCUT2D eigenvalue weighted by molar-refractivity contribution is 8.00. The molecule has 24 heavy (non-hydrogen) atoms. The van der Waals surface area contributed by atoms with Crippen molar-refractivity contribution >= 4 is 35.1 Å². The number of oxime groups is 1. The molecule has 132 valence electrons. The standard InChI is InChI=1S/C15H21N3O5S/c1-5-10(19)11(17-23-4)13(20)16-12-14(21)18-8(2)9(6-22-3)7-24-15(12)18/h12,15H,5-7H2,1-4H3,(H,16,20)/b17-11+. The Kier molecular flexibility index (Phi) is 6.00. The molecule has 1 N–H and O–H groups in total. The fourth-order valence-corrected chi connectivity index (χ4v) is 4.04. The number of thioether (sulfide) groups is 1. The van der Waals surface area contributed by atoms with E-state index in [9.17, 15) is 14.4 Å². The number of hydrogen-bond donors (Lipinski definition) is 1. The van der Waals surface area contributed by atoms with Crippen LogP contribution in [0.5, 0.6) is 0 Å². The first-order chi connectivity index (χ1) is 11.5. The summed E-state index contributed by atoms with van der Waals surface area (Å²) in [4.78, 5) is 42.6. The highest BCUT2D eigenvalue weighted by Gasteiger charge is 2.51. The van der Waals surface area contributed by atoms with Gasteiger partial charge in [0.2, 0.25) is 5.71 Å². The maximum atomic E-state index is 12.4. The lowest BCUT2D eigenvalue weighted by Gasteiger charge is -2.50. The number of β-lactam (4-membered cyclic amide) rings is 1. The van der Waals surface area contributed by atoms with Crippen molar-refractivity contribution in [2.45, 2.75) is 31.7 Å². The molecule has 0 radical (unpaired) electrons. The first-order valence-electron chi connectivity index (χ1n) is 7.53. The second-order valence-corrected chi connectivity index (χ2v) is 6.49. The molecule has 0 saturated carbocycles. The molecule has 2 heterocycles. The maximum Gasteiger partial charge on any atom is 0.277 e. The summed E-state index contributed by atoms with van der Waals surface area (Å²) in [5.74, 6) is -0.598. The molecule has 0 aliphatic carbocycles. The molecule has 1 saturated heterocycles. The van der Waals surface area contributed by atoms with Gasteiger partial charge in [0.15, 0.2) is 5.78 Å². The van der Waals surface area contributed by atoms with E-state index < -0.39 is 17.7 Å². The van der Waals surface area contributed by atoms with E-state index in [1.54, 1.807) is 30.7 Å². The molecular formula is C15H21N3O5S. The molecule has 0 aromatic rings. The Morgan fingerprint density at radius 3 is 2.71 bits per heavy atom. The molecule has 0 aromatic heterocycles. The van der Waals surface area contributed by atoms with Gasteiger partial charge in [0.05, 0.1) is 6.61 Å². The molecule has 8 nitrogen and oxygen atoms in total. The van der Waals surface area contributed by atoms with Gasteiger partial charge >= 0.3 is 0 Å². The van der Waals surface area contributed by atoms with Gasteiger partial charge in [0, 0.05) is 25.0 Å².